The summed E-state index contributed by atoms with van der Waals surface area (Å²) in [5.74, 6) is -0.241. The van der Waals surface area contributed by atoms with Gasteiger partial charge in [0.05, 0.1) is 5.60 Å². The van der Waals surface area contributed by atoms with Crippen molar-refractivity contribution in [2.24, 2.45) is 0 Å². The zero-order chi connectivity index (χ0) is 11.6. The van der Waals surface area contributed by atoms with Crippen LogP contribution in [0.25, 0.3) is 0 Å². The molecule has 3 heteroatoms. The summed E-state index contributed by atoms with van der Waals surface area (Å²) in [5.41, 5.74) is -0.310. The first-order valence-electron chi connectivity index (χ1n) is 5.76. The van der Waals surface area contributed by atoms with Crippen molar-refractivity contribution >= 4 is 0 Å². The number of halogens is 1. The lowest BCUT2D eigenvalue weighted by Gasteiger charge is -2.24. The Balaban J connectivity index is 1.93. The van der Waals surface area contributed by atoms with Crippen LogP contribution in [-0.2, 0) is 6.42 Å². The Labute approximate surface area is 95.5 Å². The summed E-state index contributed by atoms with van der Waals surface area (Å²) >= 11 is 0. The van der Waals surface area contributed by atoms with E-state index >= 15 is 0 Å². The van der Waals surface area contributed by atoms with E-state index in [9.17, 15) is 9.50 Å². The van der Waals surface area contributed by atoms with E-state index in [4.69, 9.17) is 0 Å². The quantitative estimate of drug-likeness (QED) is 0.798. The van der Waals surface area contributed by atoms with Gasteiger partial charge >= 0.3 is 0 Å². The van der Waals surface area contributed by atoms with Crippen molar-refractivity contribution in [2.75, 3.05) is 6.54 Å². The number of aliphatic hydroxyl groups is 1. The van der Waals surface area contributed by atoms with Crippen molar-refractivity contribution in [2.45, 2.75) is 37.8 Å². The van der Waals surface area contributed by atoms with Crippen molar-refractivity contribution in [3.05, 3.63) is 35.6 Å². The van der Waals surface area contributed by atoms with Gasteiger partial charge in [-0.25, -0.2) is 4.39 Å². The first-order valence-corrected chi connectivity index (χ1v) is 5.76. The minimum atomic E-state index is -0.884. The third-order valence-electron chi connectivity index (χ3n) is 2.88. The van der Waals surface area contributed by atoms with Crippen LogP contribution in [0.2, 0.25) is 0 Å². The van der Waals surface area contributed by atoms with Gasteiger partial charge in [0.15, 0.2) is 0 Å². The Kier molecular flexibility index (Phi) is 3.26. The molecule has 1 aromatic rings. The first-order chi connectivity index (χ1) is 7.57. The van der Waals surface area contributed by atoms with Crippen molar-refractivity contribution in [1.82, 2.24) is 5.32 Å². The van der Waals surface area contributed by atoms with Gasteiger partial charge < -0.3 is 10.4 Å². The molecule has 0 heterocycles. The van der Waals surface area contributed by atoms with Crippen LogP contribution in [0.15, 0.2) is 24.3 Å². The molecule has 0 bridgehead atoms. The number of nitrogens with one attached hydrogen (secondary N) is 1. The second kappa shape index (κ2) is 4.52. The maximum Gasteiger partial charge on any atom is 0.126 e. The van der Waals surface area contributed by atoms with Crippen molar-refractivity contribution in [1.29, 1.82) is 0 Å². The molecule has 1 aliphatic carbocycles. The Bertz CT molecular complexity index is 361. The predicted octanol–water partition coefficient (Wildman–Crippen LogP) is 1.87. The fourth-order valence-corrected chi connectivity index (χ4v) is 1.77. The van der Waals surface area contributed by atoms with Crippen molar-refractivity contribution in [3.63, 3.8) is 0 Å². The van der Waals surface area contributed by atoms with Crippen LogP contribution >= 0.6 is 0 Å². The molecule has 0 amide bonds. The summed E-state index contributed by atoms with van der Waals surface area (Å²) in [6.07, 6.45) is 2.73. The molecule has 1 aromatic carbocycles. The monoisotopic (exact) mass is 223 g/mol. The van der Waals surface area contributed by atoms with Crippen LogP contribution in [0.3, 0.4) is 0 Å². The number of benzene rings is 1. The first kappa shape index (κ1) is 11.6. The summed E-state index contributed by atoms with van der Waals surface area (Å²) < 4.78 is 13.4. The van der Waals surface area contributed by atoms with Gasteiger partial charge in [-0.3, -0.25) is 0 Å². The lowest BCUT2D eigenvalue weighted by atomic mass is 9.96. The largest absolute Gasteiger partial charge is 0.389 e. The molecule has 0 spiro atoms. The van der Waals surface area contributed by atoms with Gasteiger partial charge in [0.1, 0.15) is 5.82 Å². The fourth-order valence-electron chi connectivity index (χ4n) is 1.77. The molecule has 0 saturated heterocycles. The molecule has 2 rings (SSSR count). The van der Waals surface area contributed by atoms with Crippen LogP contribution < -0.4 is 5.32 Å². The van der Waals surface area contributed by atoms with E-state index in [1.807, 2.05) is 0 Å². The van der Waals surface area contributed by atoms with Gasteiger partial charge in [-0.15, -0.1) is 0 Å². The second-order valence-electron chi connectivity index (χ2n) is 4.92. The van der Waals surface area contributed by atoms with Gasteiger partial charge in [-0.1, -0.05) is 18.2 Å². The highest BCUT2D eigenvalue weighted by Crippen LogP contribution is 2.21. The van der Waals surface area contributed by atoms with Crippen LogP contribution in [0.4, 0.5) is 4.39 Å². The van der Waals surface area contributed by atoms with E-state index < -0.39 is 5.60 Å². The summed E-state index contributed by atoms with van der Waals surface area (Å²) in [6.45, 7) is 2.26. The van der Waals surface area contributed by atoms with E-state index in [0.717, 1.165) is 0 Å². The standard InChI is InChI=1S/C13H18FNO/c1-13(16,9-15-11-6-7-11)8-10-4-2-3-5-12(10)14/h2-5,11,15-16H,6-9H2,1H3. The second-order valence-corrected chi connectivity index (χ2v) is 4.92. The molecular weight excluding hydrogens is 205 g/mol. The molecule has 88 valence electrons. The lowest BCUT2D eigenvalue weighted by molar-refractivity contribution is 0.0589. The zero-order valence-corrected chi connectivity index (χ0v) is 9.54. The zero-order valence-electron chi connectivity index (χ0n) is 9.54. The minimum Gasteiger partial charge on any atom is -0.389 e. The molecule has 0 aromatic heterocycles. The van der Waals surface area contributed by atoms with Crippen LogP contribution in [-0.4, -0.2) is 23.3 Å². The number of hydrogen-bond acceptors (Lipinski definition) is 2. The van der Waals surface area contributed by atoms with E-state index in [0.29, 0.717) is 24.6 Å². The van der Waals surface area contributed by atoms with E-state index in [1.165, 1.54) is 18.9 Å². The van der Waals surface area contributed by atoms with E-state index in [1.54, 1.807) is 25.1 Å². The summed E-state index contributed by atoms with van der Waals surface area (Å²) in [7, 11) is 0. The highest BCUT2D eigenvalue weighted by atomic mass is 19.1. The highest BCUT2D eigenvalue weighted by Gasteiger charge is 2.27. The third kappa shape index (κ3) is 3.29. The Morgan fingerprint density at radius 1 is 1.44 bits per heavy atom. The Morgan fingerprint density at radius 3 is 2.75 bits per heavy atom. The molecule has 1 saturated carbocycles. The Morgan fingerprint density at radius 2 is 2.12 bits per heavy atom. The van der Waals surface area contributed by atoms with E-state index in [-0.39, 0.29) is 5.82 Å². The fraction of sp³-hybridized carbons (Fsp3) is 0.538. The minimum absolute atomic E-state index is 0.241. The van der Waals surface area contributed by atoms with Crippen molar-refractivity contribution < 1.29 is 9.50 Å². The summed E-state index contributed by atoms with van der Waals surface area (Å²) in [4.78, 5) is 0. The van der Waals surface area contributed by atoms with Gasteiger partial charge in [0.2, 0.25) is 0 Å². The molecular formula is C13H18FNO. The number of rotatable bonds is 5. The Hall–Kier alpha value is -0.930. The molecule has 0 aliphatic heterocycles. The molecule has 1 aliphatic rings. The maximum atomic E-state index is 13.4. The molecule has 2 N–H and O–H groups in total. The van der Waals surface area contributed by atoms with Gasteiger partial charge in [-0.05, 0) is 31.4 Å². The lowest BCUT2D eigenvalue weighted by Crippen LogP contribution is -2.40. The third-order valence-corrected chi connectivity index (χ3v) is 2.88. The summed E-state index contributed by atoms with van der Waals surface area (Å²) in [5, 5.41) is 13.4. The highest BCUT2D eigenvalue weighted by molar-refractivity contribution is 5.19. The average Bonchev–Trinajstić information content (AvgIpc) is 3.02. The maximum absolute atomic E-state index is 13.4. The molecule has 16 heavy (non-hydrogen) atoms. The van der Waals surface area contributed by atoms with Gasteiger partial charge in [-0.2, -0.15) is 0 Å². The predicted molar refractivity (Wildman–Crippen MR) is 61.8 cm³/mol. The molecule has 2 nitrogen and oxygen atoms in total. The molecule has 0 radical (unpaired) electrons. The SMILES string of the molecule is CC(O)(CNC1CC1)Cc1ccccc1F. The van der Waals surface area contributed by atoms with Crippen LogP contribution in [0.1, 0.15) is 25.3 Å². The molecule has 1 fully saturated rings. The normalized spacial score (nSPS) is 19.4. The van der Waals surface area contributed by atoms with Crippen LogP contribution in [0, 0.1) is 5.82 Å². The number of hydrogen-bond donors (Lipinski definition) is 2. The summed E-state index contributed by atoms with van der Waals surface area (Å²) in [6, 6.07) is 7.17. The van der Waals surface area contributed by atoms with Crippen LogP contribution in [0.5, 0.6) is 0 Å². The smallest absolute Gasteiger partial charge is 0.126 e. The average molecular weight is 223 g/mol. The van der Waals surface area contributed by atoms with Gasteiger partial charge in [0, 0.05) is 19.0 Å². The molecule has 1 atom stereocenters. The topological polar surface area (TPSA) is 32.3 Å². The molecule has 1 unspecified atom stereocenters. The van der Waals surface area contributed by atoms with Crippen molar-refractivity contribution in [3.8, 4) is 0 Å². The van der Waals surface area contributed by atoms with E-state index in [2.05, 4.69) is 5.32 Å². The van der Waals surface area contributed by atoms with Gasteiger partial charge in [0.25, 0.3) is 0 Å².